The molecule has 0 amide bonds. The van der Waals surface area contributed by atoms with Crippen molar-refractivity contribution in [1.29, 1.82) is 10.5 Å². The molecule has 1 saturated carbocycles. The summed E-state index contributed by atoms with van der Waals surface area (Å²) >= 11 is 1.52. The third kappa shape index (κ3) is 1.89. The molecule has 5 heteroatoms. The molecule has 0 unspecified atom stereocenters. The maximum Gasteiger partial charge on any atom is 0.205 e. The minimum atomic E-state index is -0.362. The van der Waals surface area contributed by atoms with Crippen LogP contribution in [0, 0.1) is 28.6 Å². The Morgan fingerprint density at radius 3 is 2.53 bits per heavy atom. The van der Waals surface area contributed by atoms with Crippen LogP contribution in [0.25, 0.3) is 0 Å². The van der Waals surface area contributed by atoms with Crippen molar-refractivity contribution in [2.75, 3.05) is 0 Å². The highest BCUT2D eigenvalue weighted by Crippen LogP contribution is 2.47. The minimum Gasteiger partial charge on any atom is -0.444 e. The van der Waals surface area contributed by atoms with E-state index in [0.717, 1.165) is 17.7 Å². The summed E-state index contributed by atoms with van der Waals surface area (Å²) in [5.41, 5.74) is 6.73. The molecule has 2 N–H and O–H groups in total. The van der Waals surface area contributed by atoms with E-state index in [1.807, 2.05) is 17.5 Å². The fraction of sp³-hybridized carbons (Fsp3) is 0.286. The fourth-order valence-corrected chi connectivity index (χ4v) is 3.13. The Morgan fingerprint density at radius 2 is 2.00 bits per heavy atom. The predicted molar refractivity (Wildman–Crippen MR) is 70.3 cm³/mol. The molecular weight excluding hydrogens is 258 g/mol. The highest BCUT2D eigenvalue weighted by atomic mass is 32.1. The largest absolute Gasteiger partial charge is 0.444 e. The van der Waals surface area contributed by atoms with Crippen molar-refractivity contribution in [3.63, 3.8) is 0 Å². The Morgan fingerprint density at radius 1 is 1.26 bits per heavy atom. The van der Waals surface area contributed by atoms with E-state index in [4.69, 9.17) is 10.5 Å². The molecule has 4 nitrogen and oxygen atoms in total. The van der Waals surface area contributed by atoms with E-state index < -0.39 is 0 Å². The lowest BCUT2D eigenvalue weighted by molar-refractivity contribution is 0.261. The van der Waals surface area contributed by atoms with Crippen LogP contribution < -0.4 is 5.73 Å². The summed E-state index contributed by atoms with van der Waals surface area (Å²) in [6, 6.07) is 8.14. The van der Waals surface area contributed by atoms with Gasteiger partial charge in [0, 0.05) is 10.8 Å². The van der Waals surface area contributed by atoms with Gasteiger partial charge in [0.2, 0.25) is 5.88 Å². The van der Waals surface area contributed by atoms with Gasteiger partial charge in [-0.05, 0) is 24.3 Å². The zero-order chi connectivity index (χ0) is 13.4. The molecule has 1 aliphatic carbocycles. The highest BCUT2D eigenvalue weighted by Gasteiger charge is 2.39. The van der Waals surface area contributed by atoms with Crippen molar-refractivity contribution in [1.82, 2.24) is 0 Å². The number of hydrogen-bond donors (Lipinski definition) is 1. The number of thiophene rings is 1. The van der Waals surface area contributed by atoms with Crippen molar-refractivity contribution in [2.24, 2.45) is 11.7 Å². The van der Waals surface area contributed by atoms with Crippen LogP contribution in [-0.2, 0) is 4.74 Å². The molecule has 0 saturated heterocycles. The van der Waals surface area contributed by atoms with E-state index >= 15 is 0 Å². The lowest BCUT2D eigenvalue weighted by Gasteiger charge is -2.24. The SMILES string of the molecule is N#CC1=C(N)OC(C2CC2)=C(C#N)[C@H]1c1cccs1. The van der Waals surface area contributed by atoms with Gasteiger partial charge in [-0.1, -0.05) is 6.07 Å². The smallest absolute Gasteiger partial charge is 0.205 e. The van der Waals surface area contributed by atoms with Gasteiger partial charge in [0.1, 0.15) is 17.4 Å². The second-order valence-corrected chi connectivity index (χ2v) is 5.58. The predicted octanol–water partition coefficient (Wildman–Crippen LogP) is 2.74. The summed E-state index contributed by atoms with van der Waals surface area (Å²) < 4.78 is 5.54. The van der Waals surface area contributed by atoms with E-state index in [0.29, 0.717) is 16.9 Å². The van der Waals surface area contributed by atoms with Crippen molar-refractivity contribution >= 4 is 11.3 Å². The topological polar surface area (TPSA) is 82.8 Å². The average molecular weight is 269 g/mol. The quantitative estimate of drug-likeness (QED) is 0.894. The van der Waals surface area contributed by atoms with Gasteiger partial charge >= 0.3 is 0 Å². The van der Waals surface area contributed by atoms with Gasteiger partial charge in [0.15, 0.2) is 0 Å². The number of ether oxygens (including phenoxy) is 1. The third-order valence-corrected chi connectivity index (χ3v) is 4.28. The van der Waals surface area contributed by atoms with Gasteiger partial charge in [0.25, 0.3) is 0 Å². The molecule has 94 valence electrons. The molecule has 2 aliphatic rings. The Bertz CT molecular complexity index is 654. The van der Waals surface area contributed by atoms with Crippen LogP contribution >= 0.6 is 11.3 Å². The average Bonchev–Trinajstić information content (AvgIpc) is 3.12. The Labute approximate surface area is 115 Å². The monoisotopic (exact) mass is 269 g/mol. The maximum atomic E-state index is 9.45. The van der Waals surface area contributed by atoms with Gasteiger partial charge < -0.3 is 10.5 Å². The lowest BCUT2D eigenvalue weighted by Crippen LogP contribution is -2.20. The minimum absolute atomic E-state index is 0.141. The molecular formula is C14H11N3OS. The molecule has 0 aromatic carbocycles. The molecule has 1 fully saturated rings. The first-order valence-corrected chi connectivity index (χ1v) is 6.89. The Hall–Kier alpha value is -2.24. The number of nitrogens with zero attached hydrogens (tertiary/aromatic N) is 2. The molecule has 2 heterocycles. The van der Waals surface area contributed by atoms with Crippen LogP contribution in [-0.4, -0.2) is 0 Å². The molecule has 0 radical (unpaired) electrons. The third-order valence-electron chi connectivity index (χ3n) is 3.34. The van der Waals surface area contributed by atoms with Crippen LogP contribution in [0.2, 0.25) is 0 Å². The van der Waals surface area contributed by atoms with Crippen molar-refractivity contribution in [3.8, 4) is 12.1 Å². The zero-order valence-corrected chi connectivity index (χ0v) is 10.9. The molecule has 3 rings (SSSR count). The normalized spacial score (nSPS) is 22.7. The van der Waals surface area contributed by atoms with Gasteiger partial charge in [0.05, 0.1) is 17.6 Å². The zero-order valence-electron chi connectivity index (χ0n) is 10.1. The first-order chi connectivity index (χ1) is 9.26. The molecule has 19 heavy (non-hydrogen) atoms. The van der Waals surface area contributed by atoms with Crippen LogP contribution in [0.15, 0.2) is 40.3 Å². The lowest BCUT2D eigenvalue weighted by atomic mass is 9.87. The summed E-state index contributed by atoms with van der Waals surface area (Å²) in [5.74, 6) is 0.731. The van der Waals surface area contributed by atoms with Gasteiger partial charge in [-0.3, -0.25) is 0 Å². The van der Waals surface area contributed by atoms with Gasteiger partial charge in [-0.2, -0.15) is 10.5 Å². The van der Waals surface area contributed by atoms with Crippen LogP contribution in [0.4, 0.5) is 0 Å². The number of allylic oxidation sites excluding steroid dienone is 3. The molecule has 0 spiro atoms. The van der Waals surface area contributed by atoms with E-state index in [1.165, 1.54) is 11.3 Å². The van der Waals surface area contributed by atoms with Crippen LogP contribution in [0.1, 0.15) is 23.6 Å². The van der Waals surface area contributed by atoms with Gasteiger partial charge in [-0.15, -0.1) is 11.3 Å². The van der Waals surface area contributed by atoms with E-state index in [1.54, 1.807) is 0 Å². The first-order valence-electron chi connectivity index (χ1n) is 6.01. The maximum absolute atomic E-state index is 9.45. The number of hydrogen-bond acceptors (Lipinski definition) is 5. The standard InChI is InChI=1S/C14H11N3OS/c15-6-9-12(11-2-1-5-19-11)10(7-16)14(17)18-13(9)8-3-4-8/h1-2,5,8,12H,3-4,17H2/t12-/m1/s1. The fourth-order valence-electron chi connectivity index (χ4n) is 2.29. The second kappa shape index (κ2) is 4.46. The summed E-state index contributed by atoms with van der Waals surface area (Å²) in [7, 11) is 0. The highest BCUT2D eigenvalue weighted by molar-refractivity contribution is 7.10. The summed E-state index contributed by atoms with van der Waals surface area (Å²) in [5, 5.41) is 20.7. The summed E-state index contributed by atoms with van der Waals surface area (Å²) in [6.45, 7) is 0. The van der Waals surface area contributed by atoms with E-state index in [2.05, 4.69) is 12.1 Å². The first kappa shape index (κ1) is 11.8. The van der Waals surface area contributed by atoms with Crippen LogP contribution in [0.3, 0.4) is 0 Å². The van der Waals surface area contributed by atoms with Gasteiger partial charge in [-0.25, -0.2) is 0 Å². The van der Waals surface area contributed by atoms with E-state index in [9.17, 15) is 10.5 Å². The molecule has 0 bridgehead atoms. The summed E-state index contributed by atoms with van der Waals surface area (Å²) in [6.07, 6.45) is 2.04. The number of nitrogens with two attached hydrogens (primary N) is 1. The van der Waals surface area contributed by atoms with Crippen molar-refractivity contribution < 1.29 is 4.74 Å². The molecule has 1 aromatic heterocycles. The molecule has 1 atom stereocenters. The second-order valence-electron chi connectivity index (χ2n) is 4.60. The van der Waals surface area contributed by atoms with Crippen LogP contribution in [0.5, 0.6) is 0 Å². The van der Waals surface area contributed by atoms with Crippen molar-refractivity contribution in [3.05, 3.63) is 45.2 Å². The molecule has 1 aliphatic heterocycles. The molecule has 1 aromatic rings. The van der Waals surface area contributed by atoms with E-state index in [-0.39, 0.29) is 17.7 Å². The Balaban J connectivity index is 2.15. The van der Waals surface area contributed by atoms with Crippen molar-refractivity contribution in [2.45, 2.75) is 18.8 Å². The number of rotatable bonds is 2. The Kier molecular flexibility index (Phi) is 2.77. The number of nitriles is 2. The summed E-state index contributed by atoms with van der Waals surface area (Å²) in [4.78, 5) is 0.956.